The number of carbonyl (C=O) groups excluding carboxylic acids is 1. The number of rotatable bonds is 3. The Balaban J connectivity index is 0.00000200. The second-order valence-electron chi connectivity index (χ2n) is 4.64. The number of carbonyl (C=O) groups is 1. The molecule has 1 aliphatic rings. The quantitative estimate of drug-likeness (QED) is 0.906. The van der Waals surface area contributed by atoms with Gasteiger partial charge in [-0.15, -0.1) is 12.4 Å². The van der Waals surface area contributed by atoms with Crippen LogP contribution in [0.1, 0.15) is 13.3 Å². The maximum atomic E-state index is 13.6. The molecule has 0 aliphatic carbocycles. The largest absolute Gasteiger partial charge is 0.351 e. The Kier molecular flexibility index (Phi) is 6.16. The number of nitrogens with two attached hydrogens (primary N) is 1. The highest BCUT2D eigenvalue weighted by atomic mass is 35.5. The van der Waals surface area contributed by atoms with Crippen LogP contribution in [-0.4, -0.2) is 48.0 Å². The summed E-state index contributed by atoms with van der Waals surface area (Å²) in [6, 6.07) is 2.53. The van der Waals surface area contributed by atoms with Crippen LogP contribution in [-0.2, 0) is 4.79 Å². The lowest BCUT2D eigenvalue weighted by atomic mass is 10.2. The van der Waals surface area contributed by atoms with Crippen LogP contribution < -0.4 is 10.6 Å². The van der Waals surface area contributed by atoms with Gasteiger partial charge in [-0.1, -0.05) is 6.92 Å². The van der Waals surface area contributed by atoms with Gasteiger partial charge in [0, 0.05) is 32.4 Å². The summed E-state index contributed by atoms with van der Waals surface area (Å²) in [4.78, 5) is 19.6. The minimum Gasteiger partial charge on any atom is -0.351 e. The summed E-state index contributed by atoms with van der Waals surface area (Å²) in [5, 5.41) is 0. The van der Waals surface area contributed by atoms with Gasteiger partial charge in [0.25, 0.3) is 0 Å². The Morgan fingerprint density at radius 3 is 2.65 bits per heavy atom. The number of pyridine rings is 1. The predicted molar refractivity (Wildman–Crippen MR) is 78.5 cm³/mol. The van der Waals surface area contributed by atoms with Crippen LogP contribution in [0.4, 0.5) is 10.2 Å². The highest BCUT2D eigenvalue weighted by Gasteiger charge is 2.25. The summed E-state index contributed by atoms with van der Waals surface area (Å²) in [6.07, 6.45) is 2.21. The van der Waals surface area contributed by atoms with Gasteiger partial charge in [0.1, 0.15) is 0 Å². The lowest BCUT2D eigenvalue weighted by Crippen LogP contribution is -2.53. The molecule has 20 heavy (non-hydrogen) atoms. The lowest BCUT2D eigenvalue weighted by molar-refractivity contribution is -0.132. The second kappa shape index (κ2) is 7.40. The molecule has 0 radical (unpaired) electrons. The molecule has 0 aromatic carbocycles. The Hall–Kier alpha value is -1.40. The first-order valence-corrected chi connectivity index (χ1v) is 6.53. The highest BCUT2D eigenvalue weighted by molar-refractivity contribution is 5.85. The van der Waals surface area contributed by atoms with E-state index in [0.29, 0.717) is 38.4 Å². The first-order chi connectivity index (χ1) is 9.13. The number of piperazine rings is 1. The van der Waals surface area contributed by atoms with Gasteiger partial charge in [0.2, 0.25) is 5.91 Å². The third kappa shape index (κ3) is 3.58. The van der Waals surface area contributed by atoms with Crippen LogP contribution in [0, 0.1) is 5.82 Å². The molecule has 5 nitrogen and oxygen atoms in total. The molecule has 2 N–H and O–H groups in total. The van der Waals surface area contributed by atoms with Crippen molar-refractivity contribution in [1.82, 2.24) is 9.88 Å². The Labute approximate surface area is 124 Å². The van der Waals surface area contributed by atoms with E-state index in [0.717, 1.165) is 0 Å². The molecule has 1 atom stereocenters. The molecule has 0 spiro atoms. The van der Waals surface area contributed by atoms with Crippen molar-refractivity contribution < 1.29 is 9.18 Å². The molecule has 0 saturated carbocycles. The van der Waals surface area contributed by atoms with Gasteiger partial charge in [-0.2, -0.15) is 0 Å². The number of hydrogen-bond acceptors (Lipinski definition) is 4. The average molecular weight is 303 g/mol. The van der Waals surface area contributed by atoms with Gasteiger partial charge in [-0.05, 0) is 18.6 Å². The van der Waals surface area contributed by atoms with E-state index in [2.05, 4.69) is 4.98 Å². The van der Waals surface area contributed by atoms with Crippen LogP contribution in [0.5, 0.6) is 0 Å². The summed E-state index contributed by atoms with van der Waals surface area (Å²) < 4.78 is 13.6. The van der Waals surface area contributed by atoms with E-state index in [-0.39, 0.29) is 24.1 Å². The average Bonchev–Trinajstić information content (AvgIpc) is 2.46. The fourth-order valence-corrected chi connectivity index (χ4v) is 2.16. The Bertz CT molecular complexity index is 452. The van der Waals surface area contributed by atoms with Crippen molar-refractivity contribution in [1.29, 1.82) is 0 Å². The van der Waals surface area contributed by atoms with E-state index in [1.54, 1.807) is 17.2 Å². The number of anilines is 1. The number of aromatic nitrogens is 1. The molecule has 1 saturated heterocycles. The minimum absolute atomic E-state index is 0. The highest BCUT2D eigenvalue weighted by Crippen LogP contribution is 2.17. The number of nitrogens with zero attached hydrogens (tertiary/aromatic N) is 3. The van der Waals surface area contributed by atoms with Crippen LogP contribution in [0.15, 0.2) is 18.3 Å². The normalized spacial score (nSPS) is 16.6. The monoisotopic (exact) mass is 302 g/mol. The summed E-state index contributed by atoms with van der Waals surface area (Å²) in [5.74, 6) is 0.00516. The van der Waals surface area contributed by atoms with Crippen molar-refractivity contribution >= 4 is 24.1 Å². The van der Waals surface area contributed by atoms with Crippen LogP contribution >= 0.6 is 12.4 Å². The molecular formula is C13H20ClFN4O. The summed E-state index contributed by atoms with van der Waals surface area (Å²) in [7, 11) is 0. The standard InChI is InChI=1S/C13H19FN4O.ClH/c1-2-11(15)13(19)18-8-6-17(7-9-18)12-10(14)4-3-5-16-12;/h3-5,11H,2,6-9,15H2,1H3;1H. The zero-order valence-corrected chi connectivity index (χ0v) is 12.3. The first kappa shape index (κ1) is 16.7. The molecule has 1 aromatic heterocycles. The molecule has 112 valence electrons. The van der Waals surface area contributed by atoms with Crippen molar-refractivity contribution in [3.63, 3.8) is 0 Å². The van der Waals surface area contributed by atoms with E-state index in [9.17, 15) is 9.18 Å². The Morgan fingerprint density at radius 2 is 2.10 bits per heavy atom. The molecule has 1 aromatic rings. The van der Waals surface area contributed by atoms with Crippen molar-refractivity contribution in [2.75, 3.05) is 31.1 Å². The molecule has 1 unspecified atom stereocenters. The van der Waals surface area contributed by atoms with Gasteiger partial charge in [-0.3, -0.25) is 4.79 Å². The summed E-state index contributed by atoms with van der Waals surface area (Å²) >= 11 is 0. The summed E-state index contributed by atoms with van der Waals surface area (Å²) in [6.45, 7) is 4.17. The van der Waals surface area contributed by atoms with Gasteiger partial charge >= 0.3 is 0 Å². The molecule has 1 amide bonds. The van der Waals surface area contributed by atoms with Crippen LogP contribution in [0.25, 0.3) is 0 Å². The minimum atomic E-state index is -0.432. The maximum Gasteiger partial charge on any atom is 0.239 e. The van der Waals surface area contributed by atoms with Gasteiger partial charge in [0.15, 0.2) is 11.6 Å². The van der Waals surface area contributed by atoms with E-state index >= 15 is 0 Å². The van der Waals surface area contributed by atoms with E-state index in [1.165, 1.54) is 6.07 Å². The second-order valence-corrected chi connectivity index (χ2v) is 4.64. The summed E-state index contributed by atoms with van der Waals surface area (Å²) in [5.41, 5.74) is 5.74. The van der Waals surface area contributed by atoms with E-state index in [1.807, 2.05) is 11.8 Å². The van der Waals surface area contributed by atoms with Crippen molar-refractivity contribution in [2.24, 2.45) is 5.73 Å². The van der Waals surface area contributed by atoms with Gasteiger partial charge in [-0.25, -0.2) is 9.37 Å². The first-order valence-electron chi connectivity index (χ1n) is 6.53. The zero-order chi connectivity index (χ0) is 13.8. The molecule has 2 heterocycles. The molecule has 7 heteroatoms. The molecule has 1 fully saturated rings. The van der Waals surface area contributed by atoms with Crippen molar-refractivity contribution in [2.45, 2.75) is 19.4 Å². The molecule has 0 bridgehead atoms. The fraction of sp³-hybridized carbons (Fsp3) is 0.538. The molecule has 1 aliphatic heterocycles. The van der Waals surface area contributed by atoms with Crippen LogP contribution in [0.2, 0.25) is 0 Å². The van der Waals surface area contributed by atoms with E-state index < -0.39 is 6.04 Å². The van der Waals surface area contributed by atoms with Crippen molar-refractivity contribution in [3.8, 4) is 0 Å². The zero-order valence-electron chi connectivity index (χ0n) is 11.5. The van der Waals surface area contributed by atoms with E-state index in [4.69, 9.17) is 5.73 Å². The van der Waals surface area contributed by atoms with Gasteiger partial charge < -0.3 is 15.5 Å². The topological polar surface area (TPSA) is 62.5 Å². The fourth-order valence-electron chi connectivity index (χ4n) is 2.16. The number of hydrogen-bond donors (Lipinski definition) is 1. The van der Waals surface area contributed by atoms with Gasteiger partial charge in [0.05, 0.1) is 6.04 Å². The molecular weight excluding hydrogens is 283 g/mol. The smallest absolute Gasteiger partial charge is 0.239 e. The Morgan fingerprint density at radius 1 is 1.45 bits per heavy atom. The van der Waals surface area contributed by atoms with Crippen LogP contribution in [0.3, 0.4) is 0 Å². The maximum absolute atomic E-state index is 13.6. The SMILES string of the molecule is CCC(N)C(=O)N1CCN(c2ncccc2F)CC1.Cl. The number of amides is 1. The number of halogens is 2. The molecule has 2 rings (SSSR count). The predicted octanol–water partition coefficient (Wildman–Crippen LogP) is 1.03. The lowest BCUT2D eigenvalue weighted by Gasteiger charge is -2.36. The third-order valence-corrected chi connectivity index (χ3v) is 3.39. The van der Waals surface area contributed by atoms with Crippen molar-refractivity contribution in [3.05, 3.63) is 24.1 Å². The third-order valence-electron chi connectivity index (χ3n) is 3.39.